The summed E-state index contributed by atoms with van der Waals surface area (Å²) in [5.41, 5.74) is 3.87. The van der Waals surface area contributed by atoms with E-state index in [-0.39, 0.29) is 6.61 Å². The third-order valence-corrected chi connectivity index (χ3v) is 7.64. The Morgan fingerprint density at radius 1 is 0.818 bits per heavy atom. The number of aromatic nitrogens is 1. The first-order valence-electron chi connectivity index (χ1n) is 14.6. The lowest BCUT2D eigenvalue weighted by Gasteiger charge is -2.38. The van der Waals surface area contributed by atoms with Gasteiger partial charge in [0.2, 0.25) is 0 Å². The number of para-hydroxylation sites is 1. The van der Waals surface area contributed by atoms with Gasteiger partial charge in [-0.1, -0.05) is 30.3 Å². The second kappa shape index (κ2) is 15.6. The number of esters is 2. The number of hydrogen-bond donors (Lipinski definition) is 0. The molecular weight excluding hydrogens is 560 g/mol. The van der Waals surface area contributed by atoms with E-state index in [1.165, 1.54) is 7.11 Å². The molecule has 1 aromatic heterocycles. The Balaban J connectivity index is 1.66. The number of nitrogens with zero attached hydrogens (tertiary/aromatic N) is 2. The van der Waals surface area contributed by atoms with Crippen LogP contribution < -0.4 is 14.2 Å². The first kappa shape index (κ1) is 32.1. The van der Waals surface area contributed by atoms with Crippen molar-refractivity contribution in [3.05, 3.63) is 107 Å². The second-order valence-electron chi connectivity index (χ2n) is 10.3. The number of benzene rings is 2. The molecule has 2 aromatic carbocycles. The number of aryl methyl sites for hydroxylation is 1. The van der Waals surface area contributed by atoms with Gasteiger partial charge in [0, 0.05) is 30.3 Å². The third-order valence-electron chi connectivity index (χ3n) is 7.64. The van der Waals surface area contributed by atoms with Crippen molar-refractivity contribution in [3.8, 4) is 17.2 Å². The molecule has 232 valence electrons. The molecule has 1 atom stereocenters. The minimum Gasteiger partial charge on any atom is -0.494 e. The molecule has 1 aliphatic heterocycles. The summed E-state index contributed by atoms with van der Waals surface area (Å²) in [5, 5.41) is 0. The lowest BCUT2D eigenvalue weighted by atomic mass is 9.79. The van der Waals surface area contributed by atoms with Crippen molar-refractivity contribution >= 4 is 11.9 Å². The zero-order chi connectivity index (χ0) is 31.5. The van der Waals surface area contributed by atoms with Crippen LogP contribution >= 0.6 is 0 Å². The predicted molar refractivity (Wildman–Crippen MR) is 166 cm³/mol. The van der Waals surface area contributed by atoms with Crippen molar-refractivity contribution < 1.29 is 33.3 Å². The van der Waals surface area contributed by atoms with E-state index in [0.29, 0.717) is 65.6 Å². The second-order valence-corrected chi connectivity index (χ2v) is 10.3. The van der Waals surface area contributed by atoms with Crippen LogP contribution in [0.4, 0.5) is 0 Å². The summed E-state index contributed by atoms with van der Waals surface area (Å²) >= 11 is 0. The topological polar surface area (TPSA) is 96.4 Å². The number of ether oxygens (including phenoxy) is 5. The van der Waals surface area contributed by atoms with E-state index in [2.05, 4.69) is 4.98 Å². The molecule has 2 heterocycles. The van der Waals surface area contributed by atoms with Crippen LogP contribution in [0.3, 0.4) is 0 Å². The number of carbonyl (C=O) groups excluding carboxylic acids is 2. The van der Waals surface area contributed by atoms with Gasteiger partial charge in [0.1, 0.15) is 5.75 Å². The summed E-state index contributed by atoms with van der Waals surface area (Å²) in [7, 11) is 4.44. The average Bonchev–Trinajstić information content (AvgIpc) is 3.06. The van der Waals surface area contributed by atoms with Crippen molar-refractivity contribution in [1.29, 1.82) is 0 Å². The summed E-state index contributed by atoms with van der Waals surface area (Å²) in [6, 6.07) is 18.8. The third kappa shape index (κ3) is 7.58. The highest BCUT2D eigenvalue weighted by Gasteiger charge is 2.40. The molecule has 1 unspecified atom stereocenters. The number of pyridine rings is 1. The van der Waals surface area contributed by atoms with Crippen molar-refractivity contribution in [2.24, 2.45) is 0 Å². The Morgan fingerprint density at radius 3 is 2.20 bits per heavy atom. The quantitative estimate of drug-likeness (QED) is 0.166. The maximum Gasteiger partial charge on any atom is 0.336 e. The molecule has 4 rings (SSSR count). The van der Waals surface area contributed by atoms with Gasteiger partial charge in [-0.2, -0.15) is 0 Å². The first-order chi connectivity index (χ1) is 21.4. The van der Waals surface area contributed by atoms with Crippen LogP contribution in [0.25, 0.3) is 0 Å². The summed E-state index contributed by atoms with van der Waals surface area (Å²) in [5.74, 6) is 0.0341. The molecule has 0 saturated heterocycles. The van der Waals surface area contributed by atoms with Gasteiger partial charge in [-0.25, -0.2) is 9.59 Å². The van der Waals surface area contributed by atoms with Crippen LogP contribution in [0.1, 0.15) is 43.7 Å². The Hall–Kier alpha value is -4.79. The van der Waals surface area contributed by atoms with Gasteiger partial charge in [-0.3, -0.25) is 4.98 Å². The standard InChI is InChI=1S/C35H40N2O7/c1-24-31(34(38)42-5)33(27-16-17-29(40-3)30(22-27)41-4)32(35(39)44-20-10-13-26-12-9-18-36-23-26)25(2)37(24)19-11-21-43-28-14-7-6-8-15-28/h6-9,12,14-18,22-23,33H,10-11,13,19-21H2,1-5H3. The zero-order valence-electron chi connectivity index (χ0n) is 26.0. The highest BCUT2D eigenvalue weighted by molar-refractivity contribution is 6.00. The maximum atomic E-state index is 13.9. The summed E-state index contributed by atoms with van der Waals surface area (Å²) in [4.78, 5) is 33.5. The molecule has 0 bridgehead atoms. The molecule has 0 radical (unpaired) electrons. The van der Waals surface area contributed by atoms with Gasteiger partial charge in [0.15, 0.2) is 11.5 Å². The molecular formula is C35H40N2O7. The Morgan fingerprint density at radius 2 is 1.55 bits per heavy atom. The minimum absolute atomic E-state index is 0.213. The van der Waals surface area contributed by atoms with Crippen LogP contribution in [0.5, 0.6) is 17.2 Å². The molecule has 0 saturated carbocycles. The number of rotatable bonds is 14. The molecule has 0 spiro atoms. The number of allylic oxidation sites excluding steroid dienone is 2. The Labute approximate surface area is 259 Å². The van der Waals surface area contributed by atoms with Crippen molar-refractivity contribution in [2.75, 3.05) is 41.1 Å². The fourth-order valence-electron chi connectivity index (χ4n) is 5.44. The summed E-state index contributed by atoms with van der Waals surface area (Å²) in [6.07, 6.45) is 5.52. The number of carbonyl (C=O) groups is 2. The fraction of sp³-hybridized carbons (Fsp3) is 0.343. The van der Waals surface area contributed by atoms with Crippen molar-refractivity contribution in [3.63, 3.8) is 0 Å². The average molecular weight is 601 g/mol. The number of methoxy groups -OCH3 is 3. The van der Waals surface area contributed by atoms with Crippen molar-refractivity contribution in [1.82, 2.24) is 9.88 Å². The predicted octanol–water partition coefficient (Wildman–Crippen LogP) is 5.86. The van der Waals surface area contributed by atoms with E-state index in [0.717, 1.165) is 17.7 Å². The normalized spacial score (nSPS) is 14.8. The lowest BCUT2D eigenvalue weighted by molar-refractivity contribution is -0.139. The van der Waals surface area contributed by atoms with Crippen LogP contribution in [-0.2, 0) is 25.5 Å². The monoisotopic (exact) mass is 600 g/mol. The molecule has 0 N–H and O–H groups in total. The van der Waals surface area contributed by atoms with E-state index in [9.17, 15) is 9.59 Å². The first-order valence-corrected chi connectivity index (χ1v) is 14.6. The van der Waals surface area contributed by atoms with Crippen LogP contribution in [0.2, 0.25) is 0 Å². The highest BCUT2D eigenvalue weighted by Crippen LogP contribution is 2.44. The van der Waals surface area contributed by atoms with E-state index in [1.807, 2.05) is 67.3 Å². The summed E-state index contributed by atoms with van der Waals surface area (Å²) in [6.45, 7) is 4.95. The molecule has 0 fully saturated rings. The number of hydrogen-bond acceptors (Lipinski definition) is 9. The maximum absolute atomic E-state index is 13.9. The molecule has 0 amide bonds. The molecule has 9 nitrogen and oxygen atoms in total. The highest BCUT2D eigenvalue weighted by atomic mass is 16.5. The Bertz CT molecular complexity index is 1490. The molecule has 1 aliphatic rings. The van der Waals surface area contributed by atoms with E-state index < -0.39 is 17.9 Å². The van der Waals surface area contributed by atoms with Gasteiger partial charge in [-0.15, -0.1) is 0 Å². The largest absolute Gasteiger partial charge is 0.494 e. The van der Waals surface area contributed by atoms with Gasteiger partial charge in [-0.05, 0) is 74.6 Å². The Kier molecular flexibility index (Phi) is 11.4. The van der Waals surface area contributed by atoms with E-state index in [4.69, 9.17) is 23.7 Å². The lowest BCUT2D eigenvalue weighted by Crippen LogP contribution is -2.36. The zero-order valence-corrected chi connectivity index (χ0v) is 26.0. The van der Waals surface area contributed by atoms with Crippen molar-refractivity contribution in [2.45, 2.75) is 39.0 Å². The van der Waals surface area contributed by atoms with Gasteiger partial charge < -0.3 is 28.6 Å². The van der Waals surface area contributed by atoms with E-state index >= 15 is 0 Å². The summed E-state index contributed by atoms with van der Waals surface area (Å²) < 4.78 is 28.0. The van der Waals surface area contributed by atoms with Gasteiger partial charge >= 0.3 is 11.9 Å². The molecule has 9 heteroatoms. The van der Waals surface area contributed by atoms with Gasteiger partial charge in [0.05, 0.1) is 51.6 Å². The van der Waals surface area contributed by atoms with Crippen LogP contribution in [0.15, 0.2) is 95.6 Å². The smallest absolute Gasteiger partial charge is 0.336 e. The minimum atomic E-state index is -0.745. The van der Waals surface area contributed by atoms with Gasteiger partial charge in [0.25, 0.3) is 0 Å². The fourth-order valence-corrected chi connectivity index (χ4v) is 5.44. The van der Waals surface area contributed by atoms with Crippen LogP contribution in [0, 0.1) is 0 Å². The molecule has 44 heavy (non-hydrogen) atoms. The molecule has 3 aromatic rings. The van der Waals surface area contributed by atoms with E-state index in [1.54, 1.807) is 38.7 Å². The van der Waals surface area contributed by atoms with Crippen LogP contribution in [-0.4, -0.2) is 62.9 Å². The SMILES string of the molecule is COC(=O)C1=C(C)N(CCCOc2ccccc2)C(C)=C(C(=O)OCCCc2cccnc2)C1c1ccc(OC)c(OC)c1. The molecule has 0 aliphatic carbocycles.